The lowest BCUT2D eigenvalue weighted by Gasteiger charge is -2.44. The van der Waals surface area contributed by atoms with Gasteiger partial charge in [-0.15, -0.1) is 0 Å². The summed E-state index contributed by atoms with van der Waals surface area (Å²) >= 11 is 18.2. The van der Waals surface area contributed by atoms with Crippen molar-refractivity contribution in [2.75, 3.05) is 6.61 Å². The van der Waals surface area contributed by atoms with E-state index in [1.165, 1.54) is 0 Å². The maximum Gasteiger partial charge on any atom is 0.311 e. The van der Waals surface area contributed by atoms with Gasteiger partial charge in [0, 0.05) is 26.2 Å². The Kier molecular flexibility index (Phi) is 6.05. The Balaban J connectivity index is 1.85. The Morgan fingerprint density at radius 2 is 1.23 bits per heavy atom. The second kappa shape index (κ2) is 8.58. The molecule has 0 amide bonds. The van der Waals surface area contributed by atoms with Crippen LogP contribution in [0.5, 0.6) is 0 Å². The summed E-state index contributed by atoms with van der Waals surface area (Å²) in [7, 11) is 0. The number of carbonyl (C=O) groups is 1. The molecule has 1 aliphatic rings. The van der Waals surface area contributed by atoms with E-state index in [0.29, 0.717) is 31.8 Å². The van der Waals surface area contributed by atoms with Crippen LogP contribution < -0.4 is 0 Å². The third kappa shape index (κ3) is 4.07. The van der Waals surface area contributed by atoms with Gasteiger partial charge in [0.1, 0.15) is 12.0 Å². The Labute approximate surface area is 188 Å². The van der Waals surface area contributed by atoms with Gasteiger partial charge in [0.2, 0.25) is 5.79 Å². The molecule has 2 atom stereocenters. The summed E-state index contributed by atoms with van der Waals surface area (Å²) in [5, 5.41) is 11.5. The van der Waals surface area contributed by atoms with Crippen molar-refractivity contribution < 1.29 is 19.4 Å². The molecule has 3 aromatic carbocycles. The van der Waals surface area contributed by atoms with Gasteiger partial charge in [-0.05, 0) is 42.0 Å². The molecule has 0 spiro atoms. The highest BCUT2D eigenvalue weighted by Gasteiger charge is 2.48. The average Bonchev–Trinajstić information content (AvgIpc) is 2.75. The molecular formula is C23H17Cl3O4. The number of rotatable bonds is 4. The Morgan fingerprint density at radius 3 is 1.67 bits per heavy atom. The molecule has 7 heteroatoms. The average molecular weight is 464 g/mol. The van der Waals surface area contributed by atoms with E-state index in [1.807, 2.05) is 0 Å². The Bertz CT molecular complexity index is 988. The summed E-state index contributed by atoms with van der Waals surface area (Å²) in [5.41, 5.74) is 2.08. The van der Waals surface area contributed by atoms with Crippen molar-refractivity contribution in [1.29, 1.82) is 0 Å². The third-order valence-electron chi connectivity index (χ3n) is 5.09. The summed E-state index contributed by atoms with van der Waals surface area (Å²) in [5.74, 6) is -3.22. The number of carboxylic acid groups (broad SMARTS) is 1. The van der Waals surface area contributed by atoms with Crippen LogP contribution in [-0.4, -0.2) is 17.7 Å². The molecule has 1 heterocycles. The molecule has 0 aromatic heterocycles. The quantitative estimate of drug-likeness (QED) is 0.491. The number of benzene rings is 3. The van der Waals surface area contributed by atoms with E-state index in [0.717, 1.165) is 0 Å². The predicted molar refractivity (Wildman–Crippen MR) is 116 cm³/mol. The largest absolute Gasteiger partial charge is 0.481 e. The smallest absolute Gasteiger partial charge is 0.311 e. The molecule has 1 fully saturated rings. The van der Waals surface area contributed by atoms with Crippen molar-refractivity contribution in [1.82, 2.24) is 0 Å². The second-order valence-corrected chi connectivity index (χ2v) is 8.29. The summed E-state index contributed by atoms with van der Waals surface area (Å²) in [6.07, 6.45) is -0.764. The summed E-state index contributed by atoms with van der Waals surface area (Å²) < 4.78 is 12.6. The monoisotopic (exact) mass is 462 g/mol. The van der Waals surface area contributed by atoms with Crippen LogP contribution in [0.1, 0.15) is 22.8 Å². The number of ether oxygens (including phenoxy) is 2. The van der Waals surface area contributed by atoms with Gasteiger partial charge in [0.05, 0.1) is 6.61 Å². The van der Waals surface area contributed by atoms with Crippen LogP contribution in [0.15, 0.2) is 72.8 Å². The molecule has 0 bridgehead atoms. The van der Waals surface area contributed by atoms with Crippen LogP contribution in [0.2, 0.25) is 15.1 Å². The van der Waals surface area contributed by atoms with Crippen molar-refractivity contribution in [3.8, 4) is 0 Å². The van der Waals surface area contributed by atoms with Crippen molar-refractivity contribution in [2.24, 2.45) is 5.92 Å². The van der Waals surface area contributed by atoms with Gasteiger partial charge in [0.25, 0.3) is 0 Å². The van der Waals surface area contributed by atoms with E-state index in [1.54, 1.807) is 72.8 Å². The zero-order valence-corrected chi connectivity index (χ0v) is 17.9. The highest BCUT2D eigenvalue weighted by molar-refractivity contribution is 6.31. The Hall–Kier alpha value is -2.08. The fourth-order valence-electron chi connectivity index (χ4n) is 3.55. The molecule has 0 aliphatic carbocycles. The van der Waals surface area contributed by atoms with E-state index in [9.17, 15) is 9.90 Å². The zero-order chi connectivity index (χ0) is 21.3. The molecule has 154 valence electrons. The van der Waals surface area contributed by atoms with Crippen LogP contribution in [0, 0.1) is 5.92 Å². The first-order chi connectivity index (χ1) is 14.4. The topological polar surface area (TPSA) is 55.8 Å². The summed E-state index contributed by atoms with van der Waals surface area (Å²) in [4.78, 5) is 12.0. The Morgan fingerprint density at radius 1 is 0.800 bits per heavy atom. The van der Waals surface area contributed by atoms with Crippen molar-refractivity contribution in [3.63, 3.8) is 0 Å². The molecule has 2 unspecified atom stereocenters. The van der Waals surface area contributed by atoms with Crippen LogP contribution in [0.3, 0.4) is 0 Å². The SMILES string of the molecule is O=C(O)C1COC(c2ccc(Cl)cc2)(c2ccc(Cl)cc2)OC1c1ccc(Cl)cc1. The van der Waals surface area contributed by atoms with Gasteiger partial charge < -0.3 is 14.6 Å². The van der Waals surface area contributed by atoms with E-state index < -0.39 is 23.8 Å². The number of hydrogen-bond donors (Lipinski definition) is 1. The molecule has 4 rings (SSSR count). The maximum atomic E-state index is 12.0. The lowest BCUT2D eigenvalue weighted by atomic mass is 9.90. The molecule has 1 saturated heterocycles. The van der Waals surface area contributed by atoms with Crippen LogP contribution in [-0.2, 0) is 20.1 Å². The highest BCUT2D eigenvalue weighted by atomic mass is 35.5. The summed E-state index contributed by atoms with van der Waals surface area (Å²) in [6.45, 7) is -0.0477. The van der Waals surface area contributed by atoms with Gasteiger partial charge in [-0.2, -0.15) is 0 Å². The van der Waals surface area contributed by atoms with E-state index in [-0.39, 0.29) is 6.61 Å². The van der Waals surface area contributed by atoms with Gasteiger partial charge in [-0.3, -0.25) is 4.79 Å². The van der Waals surface area contributed by atoms with Gasteiger partial charge in [-0.25, -0.2) is 0 Å². The van der Waals surface area contributed by atoms with Gasteiger partial charge in [-0.1, -0.05) is 71.2 Å². The lowest BCUT2D eigenvalue weighted by molar-refractivity contribution is -0.299. The molecule has 3 aromatic rings. The van der Waals surface area contributed by atoms with Gasteiger partial charge >= 0.3 is 5.97 Å². The highest BCUT2D eigenvalue weighted by Crippen LogP contribution is 2.46. The van der Waals surface area contributed by atoms with Crippen molar-refractivity contribution in [3.05, 3.63) is 105 Å². The normalized spacial score (nSPS) is 20.6. The fraction of sp³-hybridized carbons (Fsp3) is 0.174. The van der Waals surface area contributed by atoms with E-state index in [2.05, 4.69) is 0 Å². The first kappa shape index (κ1) is 21.2. The van der Waals surface area contributed by atoms with Gasteiger partial charge in [0.15, 0.2) is 0 Å². The van der Waals surface area contributed by atoms with Crippen LogP contribution >= 0.6 is 34.8 Å². The molecule has 0 saturated carbocycles. The molecule has 0 radical (unpaired) electrons. The first-order valence-electron chi connectivity index (χ1n) is 9.21. The number of aliphatic carboxylic acids is 1. The predicted octanol–water partition coefficient (Wildman–Crippen LogP) is 6.34. The van der Waals surface area contributed by atoms with Crippen molar-refractivity contribution >= 4 is 40.8 Å². The number of hydrogen-bond acceptors (Lipinski definition) is 3. The van der Waals surface area contributed by atoms with E-state index in [4.69, 9.17) is 44.3 Å². The molecule has 4 nitrogen and oxygen atoms in total. The van der Waals surface area contributed by atoms with Crippen LogP contribution in [0.25, 0.3) is 0 Å². The minimum Gasteiger partial charge on any atom is -0.481 e. The van der Waals surface area contributed by atoms with E-state index >= 15 is 0 Å². The fourth-order valence-corrected chi connectivity index (χ4v) is 3.93. The van der Waals surface area contributed by atoms with Crippen molar-refractivity contribution in [2.45, 2.75) is 11.9 Å². The number of carboxylic acids is 1. The zero-order valence-electron chi connectivity index (χ0n) is 15.6. The lowest BCUT2D eigenvalue weighted by Crippen LogP contribution is -2.46. The molecule has 1 N–H and O–H groups in total. The number of halogens is 3. The maximum absolute atomic E-state index is 12.0. The first-order valence-corrected chi connectivity index (χ1v) is 10.3. The van der Waals surface area contributed by atoms with Crippen LogP contribution in [0.4, 0.5) is 0 Å². The second-order valence-electron chi connectivity index (χ2n) is 6.98. The minimum absolute atomic E-state index is 0.0477. The minimum atomic E-state index is -1.33. The molecular weight excluding hydrogens is 447 g/mol. The third-order valence-corrected chi connectivity index (χ3v) is 5.84. The molecule has 1 aliphatic heterocycles. The summed E-state index contributed by atoms with van der Waals surface area (Å²) in [6, 6.07) is 21.1. The standard InChI is InChI=1S/C23H17Cl3O4/c24-17-7-1-14(2-8-17)21-20(22(27)28)13-29-23(30-21,15-3-9-18(25)10-4-15)16-5-11-19(26)12-6-16/h1-12,20-21H,13H2,(H,27,28). The molecule has 30 heavy (non-hydrogen) atoms.